The number of likely N-dealkylation sites (tertiary alicyclic amines) is 1. The molecule has 0 N–H and O–H groups in total. The predicted molar refractivity (Wildman–Crippen MR) is 90.2 cm³/mol. The van der Waals surface area contributed by atoms with Gasteiger partial charge in [0.15, 0.2) is 0 Å². The molecule has 1 saturated carbocycles. The van der Waals surface area contributed by atoms with E-state index in [4.69, 9.17) is 0 Å². The first kappa shape index (κ1) is 15.6. The standard InChI is InChI=1S/C16H21N5O2S/c22-14(19-9-3-6-12-5-1-2-7-13(12)19)11-20-16(23)21(18-17-20)15-8-4-10-24-15/h4,8,10,12-13H,1-3,5-7,9,11H2. The lowest BCUT2D eigenvalue weighted by Gasteiger charge is -2.44. The van der Waals surface area contributed by atoms with E-state index in [2.05, 4.69) is 10.4 Å². The van der Waals surface area contributed by atoms with Crippen LogP contribution in [0, 0.1) is 5.92 Å². The highest BCUT2D eigenvalue weighted by molar-refractivity contribution is 7.12. The van der Waals surface area contributed by atoms with Gasteiger partial charge in [-0.15, -0.1) is 11.3 Å². The molecule has 7 nitrogen and oxygen atoms in total. The smallest absolute Gasteiger partial charge is 0.338 e. The highest BCUT2D eigenvalue weighted by atomic mass is 32.1. The zero-order chi connectivity index (χ0) is 16.5. The van der Waals surface area contributed by atoms with E-state index in [1.165, 1.54) is 46.4 Å². The van der Waals surface area contributed by atoms with Crippen molar-refractivity contribution in [3.05, 3.63) is 28.0 Å². The number of carbonyl (C=O) groups excluding carboxylic acids is 1. The lowest BCUT2D eigenvalue weighted by atomic mass is 9.78. The van der Waals surface area contributed by atoms with Crippen LogP contribution in [0.2, 0.25) is 0 Å². The summed E-state index contributed by atoms with van der Waals surface area (Å²) >= 11 is 1.42. The maximum atomic E-state index is 12.8. The van der Waals surface area contributed by atoms with Gasteiger partial charge in [-0.3, -0.25) is 4.79 Å². The van der Waals surface area contributed by atoms with E-state index in [1.807, 2.05) is 22.4 Å². The maximum absolute atomic E-state index is 12.8. The van der Waals surface area contributed by atoms with Crippen molar-refractivity contribution in [2.45, 2.75) is 51.1 Å². The molecule has 2 aromatic heterocycles. The number of carbonyl (C=O) groups is 1. The molecule has 1 saturated heterocycles. The number of piperidine rings is 1. The van der Waals surface area contributed by atoms with Crippen LogP contribution in [0.5, 0.6) is 0 Å². The van der Waals surface area contributed by atoms with Gasteiger partial charge in [-0.1, -0.05) is 12.8 Å². The summed E-state index contributed by atoms with van der Waals surface area (Å²) in [6, 6.07) is 4.01. The Kier molecular flexibility index (Phi) is 4.22. The van der Waals surface area contributed by atoms with Crippen LogP contribution in [0.4, 0.5) is 0 Å². The van der Waals surface area contributed by atoms with Crippen molar-refractivity contribution in [1.82, 2.24) is 24.7 Å². The molecular formula is C16H21N5O2S. The molecule has 0 radical (unpaired) electrons. The molecule has 4 rings (SSSR count). The molecule has 0 spiro atoms. The van der Waals surface area contributed by atoms with Crippen molar-refractivity contribution in [3.63, 3.8) is 0 Å². The Morgan fingerprint density at radius 2 is 2.04 bits per heavy atom. The number of hydrogen-bond donors (Lipinski definition) is 0. The zero-order valence-corrected chi connectivity index (χ0v) is 14.3. The molecular weight excluding hydrogens is 326 g/mol. The average Bonchev–Trinajstić information content (AvgIpc) is 3.25. The normalized spacial score (nSPS) is 23.9. The summed E-state index contributed by atoms with van der Waals surface area (Å²) in [5.41, 5.74) is -0.358. The van der Waals surface area contributed by atoms with E-state index < -0.39 is 0 Å². The molecule has 2 atom stereocenters. The van der Waals surface area contributed by atoms with Crippen LogP contribution in [0.25, 0.3) is 5.00 Å². The third-order valence-electron chi connectivity index (χ3n) is 5.20. The predicted octanol–water partition coefficient (Wildman–Crippen LogP) is 1.67. The number of nitrogens with zero attached hydrogens (tertiary/aromatic N) is 5. The Morgan fingerprint density at radius 3 is 2.88 bits per heavy atom. The topological polar surface area (TPSA) is 73.0 Å². The fourth-order valence-electron chi connectivity index (χ4n) is 4.06. The first-order valence-corrected chi connectivity index (χ1v) is 9.48. The highest BCUT2D eigenvalue weighted by Gasteiger charge is 2.35. The fraction of sp³-hybridized carbons (Fsp3) is 0.625. The molecule has 2 aromatic rings. The summed E-state index contributed by atoms with van der Waals surface area (Å²) in [6.45, 7) is 0.779. The lowest BCUT2D eigenvalue weighted by Crippen LogP contribution is -2.51. The van der Waals surface area contributed by atoms with Crippen LogP contribution in [0.1, 0.15) is 38.5 Å². The molecule has 1 aliphatic heterocycles. The van der Waals surface area contributed by atoms with E-state index in [9.17, 15) is 9.59 Å². The summed E-state index contributed by atoms with van der Waals surface area (Å²) in [7, 11) is 0. The Labute approximate surface area is 143 Å². The SMILES string of the molecule is O=C(Cn1nnn(-c2cccs2)c1=O)N1CCCC2CCCCC21. The number of thiophene rings is 1. The minimum Gasteiger partial charge on any atom is -0.338 e. The Bertz CT molecular complexity index is 764. The Balaban J connectivity index is 1.51. The van der Waals surface area contributed by atoms with E-state index in [-0.39, 0.29) is 18.1 Å². The quantitative estimate of drug-likeness (QED) is 0.847. The highest BCUT2D eigenvalue weighted by Crippen LogP contribution is 2.35. The summed E-state index contributed by atoms with van der Waals surface area (Å²) in [5.74, 6) is 0.627. The molecule has 0 bridgehead atoms. The first-order valence-electron chi connectivity index (χ1n) is 8.60. The van der Waals surface area contributed by atoms with Crippen molar-refractivity contribution in [1.29, 1.82) is 0 Å². The minimum atomic E-state index is -0.358. The number of amides is 1. The fourth-order valence-corrected chi connectivity index (χ4v) is 4.72. The summed E-state index contributed by atoms with van der Waals surface area (Å²) in [4.78, 5) is 27.2. The van der Waals surface area contributed by atoms with Gasteiger partial charge < -0.3 is 4.90 Å². The molecule has 8 heteroatoms. The van der Waals surface area contributed by atoms with Gasteiger partial charge in [0.2, 0.25) is 5.91 Å². The second-order valence-corrected chi connectivity index (χ2v) is 7.55. The van der Waals surface area contributed by atoms with Crippen LogP contribution in [0.3, 0.4) is 0 Å². The van der Waals surface area contributed by atoms with Crippen LogP contribution in [-0.4, -0.2) is 43.2 Å². The van der Waals surface area contributed by atoms with Gasteiger partial charge in [-0.2, -0.15) is 9.36 Å². The largest absolute Gasteiger partial charge is 0.369 e. The maximum Gasteiger partial charge on any atom is 0.369 e. The summed E-state index contributed by atoms with van der Waals surface area (Å²) in [6.07, 6.45) is 7.07. The van der Waals surface area contributed by atoms with Gasteiger partial charge in [0, 0.05) is 12.6 Å². The third-order valence-corrected chi connectivity index (χ3v) is 6.05. The molecule has 1 aliphatic carbocycles. The van der Waals surface area contributed by atoms with Crippen LogP contribution >= 0.6 is 11.3 Å². The third kappa shape index (κ3) is 2.79. The van der Waals surface area contributed by atoms with Crippen LogP contribution in [-0.2, 0) is 11.3 Å². The molecule has 1 amide bonds. The second-order valence-electron chi connectivity index (χ2n) is 6.62. The van der Waals surface area contributed by atoms with Crippen LogP contribution < -0.4 is 5.69 Å². The monoisotopic (exact) mass is 347 g/mol. The van der Waals surface area contributed by atoms with E-state index in [1.54, 1.807) is 0 Å². The van der Waals surface area contributed by atoms with Gasteiger partial charge in [-0.25, -0.2) is 4.79 Å². The number of tetrazole rings is 1. The first-order chi connectivity index (χ1) is 11.7. The van der Waals surface area contributed by atoms with Gasteiger partial charge in [-0.05, 0) is 59.5 Å². The van der Waals surface area contributed by atoms with Crippen molar-refractivity contribution < 1.29 is 4.79 Å². The van der Waals surface area contributed by atoms with Crippen molar-refractivity contribution in [3.8, 4) is 5.00 Å². The van der Waals surface area contributed by atoms with Gasteiger partial charge in [0.25, 0.3) is 0 Å². The number of aromatic nitrogens is 4. The Hall–Kier alpha value is -1.96. The van der Waals surface area contributed by atoms with Gasteiger partial charge in [0.05, 0.1) is 0 Å². The van der Waals surface area contributed by atoms with Crippen molar-refractivity contribution in [2.75, 3.05) is 6.54 Å². The Morgan fingerprint density at radius 1 is 1.21 bits per heavy atom. The minimum absolute atomic E-state index is 0.00747. The van der Waals surface area contributed by atoms with Gasteiger partial charge in [0.1, 0.15) is 11.5 Å². The van der Waals surface area contributed by atoms with E-state index in [0.717, 1.165) is 19.4 Å². The van der Waals surface area contributed by atoms with E-state index in [0.29, 0.717) is 17.0 Å². The van der Waals surface area contributed by atoms with Crippen molar-refractivity contribution in [2.24, 2.45) is 5.92 Å². The summed E-state index contributed by atoms with van der Waals surface area (Å²) in [5, 5.41) is 10.4. The van der Waals surface area contributed by atoms with Gasteiger partial charge >= 0.3 is 5.69 Å². The molecule has 128 valence electrons. The zero-order valence-electron chi connectivity index (χ0n) is 13.5. The molecule has 3 heterocycles. The molecule has 2 unspecified atom stereocenters. The number of fused-ring (bicyclic) bond motifs is 1. The van der Waals surface area contributed by atoms with Crippen LogP contribution in [0.15, 0.2) is 22.3 Å². The average molecular weight is 347 g/mol. The molecule has 2 fully saturated rings. The lowest BCUT2D eigenvalue weighted by molar-refractivity contribution is -0.138. The molecule has 2 aliphatic rings. The summed E-state index contributed by atoms with van der Waals surface area (Å²) < 4.78 is 2.42. The number of rotatable bonds is 3. The number of hydrogen-bond acceptors (Lipinski definition) is 5. The van der Waals surface area contributed by atoms with Crippen molar-refractivity contribution >= 4 is 17.2 Å². The van der Waals surface area contributed by atoms with E-state index >= 15 is 0 Å². The second kappa shape index (κ2) is 6.51. The molecule has 0 aromatic carbocycles. The molecule has 24 heavy (non-hydrogen) atoms.